The average Bonchev–Trinajstić information content (AvgIpc) is 3.56. The van der Waals surface area contributed by atoms with Crippen LogP contribution in [0.5, 0.6) is 0 Å². The van der Waals surface area contributed by atoms with Gasteiger partial charge < -0.3 is 0 Å². The lowest BCUT2D eigenvalue weighted by Crippen LogP contribution is -2.26. The molecule has 5 rings (SSSR count). The van der Waals surface area contributed by atoms with Gasteiger partial charge in [-0.05, 0) is 12.0 Å². The smallest absolute Gasteiger partial charge is 0.237 e. The summed E-state index contributed by atoms with van der Waals surface area (Å²) >= 11 is 0. The molecular weight excluding hydrogens is 644 g/mol. The van der Waals surface area contributed by atoms with Gasteiger partial charge in [0.1, 0.15) is 52.6 Å². The van der Waals surface area contributed by atoms with Gasteiger partial charge >= 0.3 is 0 Å². The Morgan fingerprint density at radius 1 is 0.565 bits per heavy atom. The van der Waals surface area contributed by atoms with Crippen LogP contribution in [0.25, 0.3) is 32.6 Å². The van der Waals surface area contributed by atoms with Crippen molar-refractivity contribution < 1.29 is 52.7 Å². The third-order valence-corrected chi connectivity index (χ3v) is 7.27. The summed E-state index contributed by atoms with van der Waals surface area (Å²) in [5, 5.41) is 15.6. The molecule has 0 heterocycles. The Balaban J connectivity index is 1.80. The van der Waals surface area contributed by atoms with Crippen molar-refractivity contribution in [2.45, 2.75) is 12.8 Å². The third kappa shape index (κ3) is 4.00. The molecule has 46 heavy (non-hydrogen) atoms. The number of nitriles is 2. The molecule has 16 heteroatoms. The van der Waals surface area contributed by atoms with E-state index in [1.165, 1.54) is 0 Å². The summed E-state index contributed by atoms with van der Waals surface area (Å²) < 4.78 is 178. The van der Waals surface area contributed by atoms with Crippen LogP contribution < -0.4 is 10.4 Å². The van der Waals surface area contributed by atoms with Crippen LogP contribution in [0, 0.1) is 94.0 Å². The molecule has 0 bridgehead atoms. The minimum absolute atomic E-state index is 0.851. The van der Waals surface area contributed by atoms with Crippen LogP contribution in [0.4, 0.5) is 58.4 Å². The third-order valence-electron chi connectivity index (χ3n) is 7.27. The molecule has 0 amide bonds. The molecule has 0 aromatic heterocycles. The first kappa shape index (κ1) is 31.4. The Hall–Kier alpha value is -6.00. The second-order valence-corrected chi connectivity index (χ2v) is 9.43. The van der Waals surface area contributed by atoms with Crippen molar-refractivity contribution in [2.24, 2.45) is 0 Å². The highest BCUT2D eigenvalue weighted by Crippen LogP contribution is 2.41. The summed E-state index contributed by atoms with van der Waals surface area (Å²) in [6, 6.07) is 1.94. The maximum atomic E-state index is 15.7. The first-order valence-corrected chi connectivity index (χ1v) is 12.0. The maximum absolute atomic E-state index is 15.7. The van der Waals surface area contributed by atoms with Gasteiger partial charge in [-0.25, -0.2) is 62.4 Å². The summed E-state index contributed by atoms with van der Waals surface area (Å²) in [4.78, 5) is 4.96. The zero-order chi connectivity index (χ0) is 34.1. The van der Waals surface area contributed by atoms with E-state index in [1.54, 1.807) is 0 Å². The van der Waals surface area contributed by atoms with Gasteiger partial charge in [-0.1, -0.05) is 0 Å². The van der Waals surface area contributed by atoms with Crippen LogP contribution in [0.2, 0.25) is 0 Å². The van der Waals surface area contributed by atoms with E-state index in [0.717, 1.165) is 12.1 Å². The van der Waals surface area contributed by atoms with Crippen molar-refractivity contribution in [1.82, 2.24) is 0 Å². The van der Waals surface area contributed by atoms with Gasteiger partial charge in [0.2, 0.25) is 5.70 Å². The van der Waals surface area contributed by atoms with Crippen molar-refractivity contribution in [3.63, 3.8) is 0 Å². The molecule has 0 N–H and O–H groups in total. The minimum Gasteiger partial charge on any atom is -0.237 e. The molecule has 2 aliphatic rings. The summed E-state index contributed by atoms with van der Waals surface area (Å²) in [6.45, 7) is 13.9. The molecular formula is C30H4F12N4. The van der Waals surface area contributed by atoms with E-state index in [4.69, 9.17) is 18.4 Å². The molecule has 0 spiro atoms. The number of halogens is 12. The zero-order valence-electron chi connectivity index (χ0n) is 21.7. The molecule has 0 saturated heterocycles. The Morgan fingerprint density at radius 2 is 1.00 bits per heavy atom. The number of allylic oxidation sites excluding steroid dienone is 3. The first-order chi connectivity index (χ1) is 21.7. The Labute approximate surface area is 247 Å². The van der Waals surface area contributed by atoms with E-state index in [-0.39, 0.29) is 0 Å². The summed E-state index contributed by atoms with van der Waals surface area (Å²) in [6.07, 6.45) is -2.55. The summed E-state index contributed by atoms with van der Waals surface area (Å²) in [5.41, 5.74) is -14.7. The monoisotopic (exact) mass is 648 g/mol. The lowest BCUT2D eigenvalue weighted by molar-refractivity contribution is 0.446. The lowest BCUT2D eigenvalue weighted by Gasteiger charge is -2.10. The van der Waals surface area contributed by atoms with Crippen LogP contribution in [0.3, 0.4) is 0 Å². The van der Waals surface area contributed by atoms with E-state index in [0.29, 0.717) is 0 Å². The molecule has 3 aromatic carbocycles. The second kappa shape index (κ2) is 10.9. The number of fused-ring (bicyclic) bond motifs is 2. The molecule has 2 aliphatic carbocycles. The van der Waals surface area contributed by atoms with Crippen LogP contribution in [0.1, 0.15) is 27.8 Å². The predicted octanol–water partition coefficient (Wildman–Crippen LogP) is 7.08. The van der Waals surface area contributed by atoms with Gasteiger partial charge in [0, 0.05) is 23.1 Å². The topological polar surface area (TPSA) is 56.3 Å². The lowest BCUT2D eigenvalue weighted by atomic mass is 9.96. The Kier molecular flexibility index (Phi) is 7.42. The molecule has 4 nitrogen and oxygen atoms in total. The fourth-order valence-corrected chi connectivity index (χ4v) is 5.20. The highest BCUT2D eigenvalue weighted by Gasteiger charge is 2.38. The molecule has 228 valence electrons. The highest BCUT2D eigenvalue weighted by molar-refractivity contribution is 5.91. The largest absolute Gasteiger partial charge is 0.262 e. The first-order valence-electron chi connectivity index (χ1n) is 12.0. The summed E-state index contributed by atoms with van der Waals surface area (Å²) in [5.74, 6) is -25.7. The van der Waals surface area contributed by atoms with Crippen LogP contribution in [-0.4, -0.2) is 0 Å². The average molecular weight is 648 g/mol. The molecule has 0 atom stereocenters. The number of hydrogen-bond acceptors (Lipinski definition) is 2. The van der Waals surface area contributed by atoms with Crippen LogP contribution >= 0.6 is 0 Å². The van der Waals surface area contributed by atoms with Gasteiger partial charge in [0.05, 0.1) is 40.3 Å². The van der Waals surface area contributed by atoms with Gasteiger partial charge in [-0.3, -0.25) is 0 Å². The van der Waals surface area contributed by atoms with E-state index in [9.17, 15) is 40.4 Å². The van der Waals surface area contributed by atoms with Gasteiger partial charge in [0.15, 0.2) is 34.9 Å². The van der Waals surface area contributed by atoms with Crippen molar-refractivity contribution in [2.75, 3.05) is 0 Å². The second-order valence-electron chi connectivity index (χ2n) is 9.43. The number of hydrogen-bond donors (Lipinski definition) is 0. The van der Waals surface area contributed by atoms with Gasteiger partial charge in [-0.15, -0.1) is 0 Å². The van der Waals surface area contributed by atoms with Crippen molar-refractivity contribution in [1.29, 1.82) is 10.5 Å². The SMILES string of the molecule is [C-]#[N+]/C(=C1/Cc2c(F)c3c(c(F)c2=C1F)C/C(=C(/C#N)c1c(F)c(F)c(C#N)c(F)c1F)C=3F)c1c(F)c(F)c([N+]#[C-])c(F)c1F. The quantitative estimate of drug-likeness (QED) is 0.129. The number of nitrogens with zero attached hydrogens (tertiary/aromatic N) is 4. The fourth-order valence-electron chi connectivity index (χ4n) is 5.20. The normalized spacial score (nSPS) is 15.6. The van der Waals surface area contributed by atoms with Gasteiger partial charge in [-0.2, -0.15) is 10.5 Å². The highest BCUT2D eigenvalue weighted by atomic mass is 19.2. The van der Waals surface area contributed by atoms with Crippen LogP contribution in [0.15, 0.2) is 11.1 Å². The summed E-state index contributed by atoms with van der Waals surface area (Å²) in [7, 11) is 0. The van der Waals surface area contributed by atoms with E-state index >= 15 is 17.6 Å². The molecule has 3 aromatic rings. The molecule has 0 saturated carbocycles. The standard InChI is InChI=1S/C30H4F12N4/c1-45-29(16-25(39)27(41)30(46-2)28(42)26(16)40)10-4-9-14(20(10)34)18(32)8-3-7(17(31)13(8)19(9)33)11(5-43)15-23(37)21(35)12(6-44)22(36)24(15)38/h3-4H2/b11-7+,29-10-. The van der Waals surface area contributed by atoms with Crippen molar-refractivity contribution in [3.05, 3.63) is 130 Å². The van der Waals surface area contributed by atoms with E-state index < -0.39 is 149 Å². The van der Waals surface area contributed by atoms with E-state index in [1.807, 2.05) is 0 Å². The fraction of sp³-hybridized carbons (Fsp3) is 0.0667. The van der Waals surface area contributed by atoms with Crippen molar-refractivity contribution in [3.8, 4) is 12.1 Å². The molecule has 0 unspecified atom stereocenters. The van der Waals surface area contributed by atoms with E-state index in [2.05, 4.69) is 9.69 Å². The molecule has 0 fully saturated rings. The van der Waals surface area contributed by atoms with Gasteiger partial charge in [0.25, 0.3) is 5.69 Å². The molecule has 0 radical (unpaired) electrons. The predicted molar refractivity (Wildman–Crippen MR) is 132 cm³/mol. The minimum atomic E-state index is -2.32. The zero-order valence-corrected chi connectivity index (χ0v) is 21.7. The maximum Gasteiger partial charge on any atom is 0.262 e. The molecule has 0 aliphatic heterocycles. The van der Waals surface area contributed by atoms with Crippen LogP contribution in [-0.2, 0) is 12.8 Å². The van der Waals surface area contributed by atoms with Crippen molar-refractivity contribution >= 4 is 28.6 Å². The Bertz CT molecular complexity index is 2150. The Morgan fingerprint density at radius 3 is 1.41 bits per heavy atom. The number of rotatable bonds is 2. The number of benzene rings is 3.